The Labute approximate surface area is 432 Å². The van der Waals surface area contributed by atoms with Crippen molar-refractivity contribution in [2.75, 3.05) is 16.5 Å². The highest BCUT2D eigenvalue weighted by Gasteiger charge is 2.31. The van der Waals surface area contributed by atoms with Crippen LogP contribution in [0.15, 0.2) is 192 Å². The van der Waals surface area contributed by atoms with Gasteiger partial charge in [0.15, 0.2) is 0 Å². The summed E-state index contributed by atoms with van der Waals surface area (Å²) in [6.07, 6.45) is 1.93. The third kappa shape index (κ3) is 7.86. The van der Waals surface area contributed by atoms with Crippen molar-refractivity contribution < 1.29 is 18.7 Å². The van der Waals surface area contributed by atoms with Gasteiger partial charge in [-0.25, -0.2) is 4.98 Å². The van der Waals surface area contributed by atoms with E-state index in [9.17, 15) is 4.11 Å². The first-order valence-corrected chi connectivity index (χ1v) is 24.6. The second-order valence-electron chi connectivity index (χ2n) is 22.0. The molecule has 1 aliphatic rings. The van der Waals surface area contributed by atoms with Crippen LogP contribution in [-0.2, 0) is 16.2 Å². The van der Waals surface area contributed by atoms with Crippen LogP contribution in [0.2, 0.25) is 0 Å². The van der Waals surface area contributed by atoms with Crippen LogP contribution < -0.4 is 14.5 Å². The molecule has 3 aromatic heterocycles. The van der Waals surface area contributed by atoms with Gasteiger partial charge in [-0.15, -0.1) is 0 Å². The van der Waals surface area contributed by atoms with Gasteiger partial charge >= 0.3 is 0 Å². The number of nitrogens with zero attached hydrogens (tertiary/aromatic N) is 4. The van der Waals surface area contributed by atoms with E-state index in [0.29, 0.717) is 40.5 Å². The minimum absolute atomic E-state index is 0.0142. The standard InChI is InChI=1S/C66H60N4O2/c1-64(2,3)44-33-45(65(4,5)6)35-47(34-44)69-41-68(57-27-16-17-28-58(57)69)46-22-19-23-48(36-46)71-49-37-52(43-30-31-61-53(32-43)50-24-14-18-29-60(50)72-61)63-51-25-13-15-26-56(51)70(59(63)38-49)62-39-55(66(7,8)9)54(40-67-62)42-20-11-10-12-21-42/h10-40H,41H2,1-9H3/i14D,18D,24D,29D,30D,31D,32D. The van der Waals surface area contributed by atoms with Crippen molar-refractivity contribution in [3.63, 3.8) is 0 Å². The van der Waals surface area contributed by atoms with Crippen LogP contribution in [0.4, 0.5) is 22.7 Å². The van der Waals surface area contributed by atoms with Gasteiger partial charge in [0.2, 0.25) is 0 Å². The van der Waals surface area contributed by atoms with Crippen LogP contribution in [0.5, 0.6) is 11.5 Å². The minimum atomic E-state index is -0.490. The molecule has 6 nitrogen and oxygen atoms in total. The molecule has 12 rings (SSSR count). The first-order chi connectivity index (χ1) is 37.5. The van der Waals surface area contributed by atoms with Gasteiger partial charge in [-0.2, -0.15) is 0 Å². The van der Waals surface area contributed by atoms with Crippen molar-refractivity contribution in [3.8, 4) is 39.6 Å². The first-order valence-electron chi connectivity index (χ1n) is 28.1. The molecule has 0 unspecified atom stereocenters. The summed E-state index contributed by atoms with van der Waals surface area (Å²) in [7, 11) is 0. The molecule has 8 aromatic carbocycles. The summed E-state index contributed by atoms with van der Waals surface area (Å²) in [5, 5.41) is 1.50. The lowest BCUT2D eigenvalue weighted by Crippen LogP contribution is -2.25. The monoisotopic (exact) mass is 948 g/mol. The zero-order chi connectivity index (χ0) is 55.8. The van der Waals surface area contributed by atoms with Gasteiger partial charge in [-0.3, -0.25) is 4.57 Å². The Bertz CT molecular complexity index is 4280. The Morgan fingerprint density at radius 2 is 1.21 bits per heavy atom. The predicted octanol–water partition coefficient (Wildman–Crippen LogP) is 18.3. The van der Waals surface area contributed by atoms with E-state index in [-0.39, 0.29) is 67.9 Å². The van der Waals surface area contributed by atoms with E-state index in [1.807, 2.05) is 79.0 Å². The number of rotatable bonds is 7. The number of fused-ring (bicyclic) bond motifs is 7. The molecule has 0 spiro atoms. The number of hydrogen-bond donors (Lipinski definition) is 0. The van der Waals surface area contributed by atoms with Gasteiger partial charge in [0.05, 0.1) is 32.0 Å². The molecule has 1 aliphatic heterocycles. The number of pyridine rings is 1. The predicted molar refractivity (Wildman–Crippen MR) is 301 cm³/mol. The summed E-state index contributed by atoms with van der Waals surface area (Å²) >= 11 is 0. The number of benzene rings is 8. The largest absolute Gasteiger partial charge is 0.457 e. The molecule has 0 amide bonds. The lowest BCUT2D eigenvalue weighted by Gasteiger charge is -2.29. The number of furan rings is 1. The lowest BCUT2D eigenvalue weighted by molar-refractivity contribution is 0.483. The summed E-state index contributed by atoms with van der Waals surface area (Å²) in [5.41, 5.74) is 11.1. The maximum absolute atomic E-state index is 10.0. The second kappa shape index (κ2) is 16.8. The zero-order valence-corrected chi connectivity index (χ0v) is 42.2. The molecule has 6 heteroatoms. The van der Waals surface area contributed by atoms with E-state index in [2.05, 4.69) is 143 Å². The SMILES string of the molecule is [2H]c1c([2H])c([2H])c2c(oc3c([2H])c([2H])c(-c4cc(Oc5cccc(N6CN(c7cc(C(C)(C)C)cc(C(C)(C)C)c7)c7ccccc76)c5)cc5c4c4ccccc4n5-c4cc(C(C)(C)C)c(-c5ccccc5)cn4)c([2H])c32)c1[2H]. The normalized spacial score (nSPS) is 14.6. The van der Waals surface area contributed by atoms with Crippen molar-refractivity contribution in [1.82, 2.24) is 9.55 Å². The molecule has 0 saturated carbocycles. The van der Waals surface area contributed by atoms with E-state index >= 15 is 0 Å². The van der Waals surface area contributed by atoms with Crippen molar-refractivity contribution >= 4 is 66.5 Å². The third-order valence-electron chi connectivity index (χ3n) is 14.0. The quantitative estimate of drug-likeness (QED) is 0.159. The van der Waals surface area contributed by atoms with Gasteiger partial charge in [0, 0.05) is 56.8 Å². The number of para-hydroxylation sites is 4. The molecular formula is C66H60N4O2. The minimum Gasteiger partial charge on any atom is -0.457 e. The van der Waals surface area contributed by atoms with Crippen LogP contribution in [0.3, 0.4) is 0 Å². The molecule has 0 fully saturated rings. The smallest absolute Gasteiger partial charge is 0.137 e. The lowest BCUT2D eigenvalue weighted by atomic mass is 9.80. The molecule has 11 aromatic rings. The second-order valence-corrected chi connectivity index (χ2v) is 22.0. The summed E-state index contributed by atoms with van der Waals surface area (Å²) in [5.74, 6) is 1.57. The van der Waals surface area contributed by atoms with E-state index in [1.54, 1.807) is 0 Å². The molecule has 72 heavy (non-hydrogen) atoms. The van der Waals surface area contributed by atoms with Gasteiger partial charge < -0.3 is 19.0 Å². The Balaban J connectivity index is 1.07. The zero-order valence-electron chi connectivity index (χ0n) is 49.2. The maximum Gasteiger partial charge on any atom is 0.137 e. The Hall–Kier alpha value is -8.09. The van der Waals surface area contributed by atoms with Gasteiger partial charge in [-0.05, 0) is 122 Å². The van der Waals surface area contributed by atoms with E-state index < -0.39 is 18.1 Å². The summed E-state index contributed by atoms with van der Waals surface area (Å²) in [6.45, 7) is 20.7. The van der Waals surface area contributed by atoms with Crippen molar-refractivity contribution in [2.45, 2.75) is 78.6 Å². The highest BCUT2D eigenvalue weighted by atomic mass is 16.5. The molecule has 0 aliphatic carbocycles. The fourth-order valence-corrected chi connectivity index (χ4v) is 10.2. The van der Waals surface area contributed by atoms with Gasteiger partial charge in [0.1, 0.15) is 35.2 Å². The van der Waals surface area contributed by atoms with Crippen molar-refractivity contribution in [3.05, 3.63) is 205 Å². The molecular weight excluding hydrogens is 881 g/mol. The van der Waals surface area contributed by atoms with Crippen LogP contribution >= 0.6 is 0 Å². The fourth-order valence-electron chi connectivity index (χ4n) is 10.2. The maximum atomic E-state index is 10.0. The van der Waals surface area contributed by atoms with Crippen LogP contribution in [0, 0.1) is 0 Å². The molecule has 0 bridgehead atoms. The van der Waals surface area contributed by atoms with E-state index in [1.165, 1.54) is 11.1 Å². The Morgan fingerprint density at radius 3 is 1.94 bits per heavy atom. The first kappa shape index (κ1) is 37.7. The van der Waals surface area contributed by atoms with Crippen LogP contribution in [-0.4, -0.2) is 16.2 Å². The molecule has 0 radical (unpaired) electrons. The summed E-state index contributed by atoms with van der Waals surface area (Å²) in [6, 6.07) is 44.9. The van der Waals surface area contributed by atoms with E-state index in [4.69, 9.17) is 19.6 Å². The average Bonchev–Trinajstić information content (AvgIpc) is 4.26. The highest BCUT2D eigenvalue weighted by Crippen LogP contribution is 2.48. The number of aromatic nitrogens is 2. The molecule has 0 atom stereocenters. The number of anilines is 4. The average molecular weight is 948 g/mol. The summed E-state index contributed by atoms with van der Waals surface area (Å²) < 4.78 is 79.1. The van der Waals surface area contributed by atoms with Crippen LogP contribution in [0.25, 0.3) is 71.8 Å². The van der Waals surface area contributed by atoms with Crippen LogP contribution in [0.1, 0.15) is 88.6 Å². The summed E-state index contributed by atoms with van der Waals surface area (Å²) in [4.78, 5) is 9.87. The Morgan fingerprint density at radius 1 is 0.528 bits per heavy atom. The number of hydrogen-bond acceptors (Lipinski definition) is 5. The van der Waals surface area contributed by atoms with Gasteiger partial charge in [-0.1, -0.05) is 159 Å². The Kier molecular flexibility index (Phi) is 8.78. The third-order valence-corrected chi connectivity index (χ3v) is 14.0. The molecule has 0 N–H and O–H groups in total. The van der Waals surface area contributed by atoms with Crippen molar-refractivity contribution in [2.24, 2.45) is 0 Å². The van der Waals surface area contributed by atoms with Crippen molar-refractivity contribution in [1.29, 1.82) is 0 Å². The van der Waals surface area contributed by atoms with Gasteiger partial charge in [0.25, 0.3) is 0 Å². The molecule has 0 saturated heterocycles. The molecule has 356 valence electrons. The topological polar surface area (TPSA) is 46.7 Å². The fraction of sp³-hybridized carbons (Fsp3) is 0.197. The number of ether oxygens (including phenoxy) is 1. The molecule has 4 heterocycles. The highest BCUT2D eigenvalue weighted by molar-refractivity contribution is 6.17. The van der Waals surface area contributed by atoms with E-state index in [0.717, 1.165) is 50.3 Å².